The van der Waals surface area contributed by atoms with E-state index in [0.717, 1.165) is 32.0 Å². The molecule has 16 heavy (non-hydrogen) atoms. The average Bonchev–Trinajstić information content (AvgIpc) is 2.96. The summed E-state index contributed by atoms with van der Waals surface area (Å²) in [4.78, 5) is 7.20. The van der Waals surface area contributed by atoms with Crippen LogP contribution in [-0.2, 0) is 16.0 Å². The van der Waals surface area contributed by atoms with Crippen molar-refractivity contribution in [1.82, 2.24) is 15.3 Å². The van der Waals surface area contributed by atoms with E-state index in [9.17, 15) is 0 Å². The molecule has 90 valence electrons. The summed E-state index contributed by atoms with van der Waals surface area (Å²) in [5.41, 5.74) is 0. The van der Waals surface area contributed by atoms with Crippen molar-refractivity contribution in [2.75, 3.05) is 19.8 Å². The number of rotatable bonds is 6. The quantitative estimate of drug-likeness (QED) is 0.748. The molecule has 2 unspecified atom stereocenters. The van der Waals surface area contributed by atoms with Crippen molar-refractivity contribution < 1.29 is 9.47 Å². The number of ether oxygens (including phenoxy) is 2. The predicted octanol–water partition coefficient (Wildman–Crippen LogP) is 0.693. The molecule has 1 aliphatic heterocycles. The molecule has 1 aliphatic rings. The van der Waals surface area contributed by atoms with Gasteiger partial charge in [-0.05, 0) is 13.3 Å². The number of nitrogens with one attached hydrogen (secondary N) is 2. The molecule has 1 saturated heterocycles. The first-order valence-corrected chi connectivity index (χ1v) is 5.75. The predicted molar refractivity (Wildman–Crippen MR) is 60.1 cm³/mol. The van der Waals surface area contributed by atoms with Crippen LogP contribution < -0.4 is 5.32 Å². The lowest BCUT2D eigenvalue weighted by molar-refractivity contribution is 0.0321. The number of aromatic nitrogens is 2. The fourth-order valence-corrected chi connectivity index (χ4v) is 1.65. The standard InChI is InChI=1S/C11H19N3O2/c1-9(7-16-10-2-5-15-8-10)14-6-11-12-3-4-13-11/h3-4,9-10,14H,2,5-8H2,1H3,(H,12,13). The van der Waals surface area contributed by atoms with E-state index in [1.54, 1.807) is 6.20 Å². The minimum Gasteiger partial charge on any atom is -0.379 e. The van der Waals surface area contributed by atoms with E-state index in [1.807, 2.05) is 6.20 Å². The van der Waals surface area contributed by atoms with Gasteiger partial charge in [0.25, 0.3) is 0 Å². The Hall–Kier alpha value is -0.910. The second-order valence-electron chi connectivity index (χ2n) is 4.14. The van der Waals surface area contributed by atoms with Gasteiger partial charge in [-0.1, -0.05) is 0 Å². The topological polar surface area (TPSA) is 59.2 Å². The Kier molecular flexibility index (Phi) is 4.33. The van der Waals surface area contributed by atoms with Gasteiger partial charge in [0.2, 0.25) is 0 Å². The maximum absolute atomic E-state index is 5.72. The number of imidazole rings is 1. The summed E-state index contributed by atoms with van der Waals surface area (Å²) < 4.78 is 11.0. The van der Waals surface area contributed by atoms with Gasteiger partial charge in [-0.15, -0.1) is 0 Å². The summed E-state index contributed by atoms with van der Waals surface area (Å²) in [6.45, 7) is 5.15. The summed E-state index contributed by atoms with van der Waals surface area (Å²) in [5, 5.41) is 3.35. The van der Waals surface area contributed by atoms with E-state index in [-0.39, 0.29) is 6.10 Å². The highest BCUT2D eigenvalue weighted by Gasteiger charge is 2.16. The molecular formula is C11H19N3O2. The highest BCUT2D eigenvalue weighted by atomic mass is 16.5. The Morgan fingerprint density at radius 2 is 2.69 bits per heavy atom. The normalized spacial score (nSPS) is 22.4. The molecule has 2 atom stereocenters. The van der Waals surface area contributed by atoms with Crippen LogP contribution in [0.15, 0.2) is 12.4 Å². The lowest BCUT2D eigenvalue weighted by Crippen LogP contribution is -2.32. The second-order valence-corrected chi connectivity index (χ2v) is 4.14. The zero-order valence-electron chi connectivity index (χ0n) is 9.61. The SMILES string of the molecule is CC(COC1CCOC1)NCc1ncc[nH]1. The van der Waals surface area contributed by atoms with Crippen LogP contribution in [0.3, 0.4) is 0 Å². The number of aromatic amines is 1. The summed E-state index contributed by atoms with van der Waals surface area (Å²) in [6.07, 6.45) is 4.89. The van der Waals surface area contributed by atoms with Crippen molar-refractivity contribution in [2.45, 2.75) is 32.0 Å². The van der Waals surface area contributed by atoms with Crippen molar-refractivity contribution in [2.24, 2.45) is 0 Å². The monoisotopic (exact) mass is 225 g/mol. The third-order valence-corrected chi connectivity index (χ3v) is 2.64. The van der Waals surface area contributed by atoms with Gasteiger partial charge in [-0.2, -0.15) is 0 Å². The average molecular weight is 225 g/mol. The molecule has 5 heteroatoms. The van der Waals surface area contributed by atoms with Gasteiger partial charge in [0.1, 0.15) is 5.82 Å². The molecule has 1 aromatic rings. The van der Waals surface area contributed by atoms with Crippen LogP contribution in [0.1, 0.15) is 19.2 Å². The molecule has 0 amide bonds. The van der Waals surface area contributed by atoms with Gasteiger partial charge in [0.15, 0.2) is 0 Å². The molecule has 2 heterocycles. The number of nitrogens with zero attached hydrogens (tertiary/aromatic N) is 1. The highest BCUT2D eigenvalue weighted by Crippen LogP contribution is 2.08. The van der Waals surface area contributed by atoms with Gasteiger partial charge < -0.3 is 19.8 Å². The van der Waals surface area contributed by atoms with E-state index >= 15 is 0 Å². The Morgan fingerprint density at radius 3 is 3.38 bits per heavy atom. The number of hydrogen-bond donors (Lipinski definition) is 2. The highest BCUT2D eigenvalue weighted by molar-refractivity contribution is 4.86. The van der Waals surface area contributed by atoms with Crippen LogP contribution in [0.25, 0.3) is 0 Å². The first kappa shape index (κ1) is 11.6. The zero-order chi connectivity index (χ0) is 11.2. The minimum absolute atomic E-state index is 0.285. The van der Waals surface area contributed by atoms with Crippen molar-refractivity contribution in [3.05, 3.63) is 18.2 Å². The number of H-pyrrole nitrogens is 1. The Morgan fingerprint density at radius 1 is 1.75 bits per heavy atom. The van der Waals surface area contributed by atoms with Gasteiger partial charge in [-0.25, -0.2) is 4.98 Å². The third-order valence-electron chi connectivity index (χ3n) is 2.64. The molecule has 5 nitrogen and oxygen atoms in total. The molecule has 0 saturated carbocycles. The molecular weight excluding hydrogens is 206 g/mol. The Bertz CT molecular complexity index is 283. The second kappa shape index (κ2) is 5.98. The van der Waals surface area contributed by atoms with Gasteiger partial charge in [0.05, 0.1) is 25.9 Å². The fraction of sp³-hybridized carbons (Fsp3) is 0.727. The molecule has 0 spiro atoms. The first-order chi connectivity index (χ1) is 7.84. The Balaban J connectivity index is 1.58. The third kappa shape index (κ3) is 3.59. The molecule has 0 aromatic carbocycles. The van der Waals surface area contributed by atoms with Crippen LogP contribution in [0.4, 0.5) is 0 Å². The van der Waals surface area contributed by atoms with E-state index < -0.39 is 0 Å². The first-order valence-electron chi connectivity index (χ1n) is 5.75. The van der Waals surface area contributed by atoms with Crippen LogP contribution in [0, 0.1) is 0 Å². The molecule has 2 rings (SSSR count). The molecule has 0 bridgehead atoms. The smallest absolute Gasteiger partial charge is 0.120 e. The van der Waals surface area contributed by atoms with E-state index in [2.05, 4.69) is 22.2 Å². The summed E-state index contributed by atoms with van der Waals surface area (Å²) in [7, 11) is 0. The zero-order valence-corrected chi connectivity index (χ0v) is 9.61. The summed E-state index contributed by atoms with van der Waals surface area (Å²) in [6, 6.07) is 0.325. The molecule has 1 aromatic heterocycles. The van der Waals surface area contributed by atoms with E-state index in [0.29, 0.717) is 12.6 Å². The molecule has 1 fully saturated rings. The van der Waals surface area contributed by atoms with Crippen LogP contribution in [0.5, 0.6) is 0 Å². The summed E-state index contributed by atoms with van der Waals surface area (Å²) >= 11 is 0. The van der Waals surface area contributed by atoms with Crippen molar-refractivity contribution in [1.29, 1.82) is 0 Å². The van der Waals surface area contributed by atoms with Crippen molar-refractivity contribution in [3.8, 4) is 0 Å². The minimum atomic E-state index is 0.285. The maximum Gasteiger partial charge on any atom is 0.120 e. The molecule has 2 N–H and O–H groups in total. The van der Waals surface area contributed by atoms with Crippen molar-refractivity contribution in [3.63, 3.8) is 0 Å². The molecule has 0 aliphatic carbocycles. The molecule has 0 radical (unpaired) electrons. The lowest BCUT2D eigenvalue weighted by atomic mass is 10.3. The van der Waals surface area contributed by atoms with E-state index in [1.165, 1.54) is 0 Å². The van der Waals surface area contributed by atoms with Gasteiger partial charge in [-0.3, -0.25) is 0 Å². The number of hydrogen-bond acceptors (Lipinski definition) is 4. The lowest BCUT2D eigenvalue weighted by Gasteiger charge is -2.16. The fourth-order valence-electron chi connectivity index (χ4n) is 1.65. The van der Waals surface area contributed by atoms with Crippen LogP contribution in [0.2, 0.25) is 0 Å². The van der Waals surface area contributed by atoms with Crippen LogP contribution >= 0.6 is 0 Å². The van der Waals surface area contributed by atoms with E-state index in [4.69, 9.17) is 9.47 Å². The van der Waals surface area contributed by atoms with Gasteiger partial charge >= 0.3 is 0 Å². The summed E-state index contributed by atoms with van der Waals surface area (Å²) in [5.74, 6) is 0.955. The van der Waals surface area contributed by atoms with Crippen LogP contribution in [-0.4, -0.2) is 41.9 Å². The Labute approximate surface area is 95.6 Å². The maximum atomic E-state index is 5.72. The van der Waals surface area contributed by atoms with Crippen molar-refractivity contribution >= 4 is 0 Å². The van der Waals surface area contributed by atoms with Gasteiger partial charge in [0, 0.05) is 25.0 Å². The largest absolute Gasteiger partial charge is 0.379 e.